The minimum atomic E-state index is -2.60. The van der Waals surface area contributed by atoms with Crippen LogP contribution in [0, 0.1) is 12.8 Å². The topological polar surface area (TPSA) is 56.7 Å². The van der Waals surface area contributed by atoms with Crippen molar-refractivity contribution in [2.75, 3.05) is 24.2 Å². The zero-order valence-electron chi connectivity index (χ0n) is 32.1. The predicted octanol–water partition coefficient (Wildman–Crippen LogP) is 12.8. The molecule has 7 heteroatoms. The monoisotopic (exact) mass is 669 g/mol. The van der Waals surface area contributed by atoms with E-state index in [4.69, 9.17) is 0 Å². The number of aryl methyl sites for hydroxylation is 1. The number of unbranched alkanes of at least 4 members (excludes halogenated alkanes) is 2. The molecule has 0 aromatic heterocycles. The van der Waals surface area contributed by atoms with Crippen molar-refractivity contribution >= 4 is 28.6 Å². The first-order valence-corrected chi connectivity index (χ1v) is 17.5. The fraction of sp³-hybridized carbons (Fsp3) is 0.512. The first-order valence-electron chi connectivity index (χ1n) is 17.5. The molecule has 48 heavy (non-hydrogen) atoms. The summed E-state index contributed by atoms with van der Waals surface area (Å²) < 4.78 is 24.8. The summed E-state index contributed by atoms with van der Waals surface area (Å²) in [6.45, 7) is 25.1. The number of nitrogens with one attached hydrogen (secondary N) is 2. The number of rotatable bonds is 14. The maximum Gasteiger partial charge on any atom is 0.312 e. The third-order valence-corrected chi connectivity index (χ3v) is 7.15. The van der Waals surface area contributed by atoms with Gasteiger partial charge in [0.1, 0.15) is 0 Å². The number of halogens is 2. The number of carbonyl (C=O) groups excluding carboxylic acids is 1. The molecule has 0 radical (unpaired) electrons. The molecule has 0 heterocycles. The zero-order valence-corrected chi connectivity index (χ0v) is 32.1. The van der Waals surface area contributed by atoms with Gasteiger partial charge in [0.25, 0.3) is 5.91 Å². The van der Waals surface area contributed by atoms with Crippen molar-refractivity contribution in [2.24, 2.45) is 10.9 Å². The van der Waals surface area contributed by atoms with Gasteiger partial charge in [0, 0.05) is 36.7 Å². The van der Waals surface area contributed by atoms with E-state index in [9.17, 15) is 13.6 Å². The van der Waals surface area contributed by atoms with Crippen molar-refractivity contribution in [1.29, 1.82) is 0 Å². The van der Waals surface area contributed by atoms with E-state index in [1.54, 1.807) is 35.4 Å². The van der Waals surface area contributed by atoms with Gasteiger partial charge in [0.15, 0.2) is 0 Å². The molecule has 0 aliphatic carbocycles. The van der Waals surface area contributed by atoms with Crippen LogP contribution in [-0.4, -0.2) is 36.7 Å². The Hall–Kier alpha value is -3.74. The summed E-state index contributed by atoms with van der Waals surface area (Å²) >= 11 is 0. The van der Waals surface area contributed by atoms with Crippen molar-refractivity contribution in [2.45, 2.75) is 121 Å². The van der Waals surface area contributed by atoms with Gasteiger partial charge >= 0.3 is 6.55 Å². The maximum atomic E-state index is 12.7. The van der Waals surface area contributed by atoms with E-state index in [1.807, 2.05) is 72.0 Å². The summed E-state index contributed by atoms with van der Waals surface area (Å²) in [5, 5.41) is 5.31. The number of alkyl halides is 2. The fourth-order valence-electron chi connectivity index (χ4n) is 3.83. The lowest BCUT2D eigenvalue weighted by atomic mass is 10.1. The molecule has 0 fully saturated rings. The Labute approximate surface area is 292 Å². The molecular weight excluding hydrogens is 602 g/mol. The first-order chi connectivity index (χ1) is 22.7. The third kappa shape index (κ3) is 21.9. The van der Waals surface area contributed by atoms with E-state index in [2.05, 4.69) is 63.7 Å². The Kier molecular flexibility index (Phi) is 27.3. The molecule has 2 aromatic rings. The van der Waals surface area contributed by atoms with Gasteiger partial charge in [-0.25, -0.2) is 0 Å². The molecule has 0 unspecified atom stereocenters. The molecule has 0 saturated heterocycles. The number of amides is 1. The van der Waals surface area contributed by atoms with E-state index >= 15 is 0 Å². The summed E-state index contributed by atoms with van der Waals surface area (Å²) in [6.07, 6.45) is 13.1. The largest absolute Gasteiger partial charge is 0.355 e. The summed E-state index contributed by atoms with van der Waals surface area (Å²) in [7, 11) is 1.83. The smallest absolute Gasteiger partial charge is 0.312 e. The number of hydrogen-bond donors (Lipinski definition) is 2. The normalized spacial score (nSPS) is 11.2. The quantitative estimate of drug-likeness (QED) is 0.120. The molecule has 5 nitrogen and oxygen atoms in total. The first kappa shape index (κ1) is 46.4. The molecule has 0 atom stereocenters. The van der Waals surface area contributed by atoms with Crippen molar-refractivity contribution < 1.29 is 13.6 Å². The molecule has 2 rings (SSSR count). The number of allylic oxidation sites excluding steroid dienone is 4. The van der Waals surface area contributed by atoms with Crippen LogP contribution in [0.15, 0.2) is 78.1 Å². The molecule has 1 amide bonds. The second-order valence-electron chi connectivity index (χ2n) is 12.1. The average molecular weight is 669 g/mol. The van der Waals surface area contributed by atoms with Gasteiger partial charge in [0.05, 0.1) is 11.4 Å². The second kappa shape index (κ2) is 28.3. The standard InChI is InChI=1S/C27H34F2N4O.C6H14.C4H10.C4H8/c1-7-8-15-33(6)26(34)25-14-13-24(16-18(25)2)31-21(5)20(4)30-17-19(3)22-9-11-23(12-10-22)32-27(28)29;1-4-5-6(2)3;2*1-3-4-2/h9-14,16-17,27,31-32H,5,7-8,15H2,1-4,6H3;6H,4-5H2,1-3H3;3-4H2,1-2H3;3-4H,1-2H3/b19-17+,30-20?;;;4-3-. The second-order valence-corrected chi connectivity index (χ2v) is 12.1. The molecule has 2 aromatic carbocycles. The molecule has 0 bridgehead atoms. The molecule has 2 N–H and O–H groups in total. The SMILES string of the molecule is C/C=C\C.C=C(Nc1ccc(C(=O)N(C)CCCC)c(C)c1)C(C)=N/C=C(\C)c1ccc(NC(F)F)cc1.CCCC.CCCC(C)C. The number of aliphatic imine (C=N–C) groups is 1. The highest BCUT2D eigenvalue weighted by Gasteiger charge is 2.14. The molecule has 270 valence electrons. The maximum absolute atomic E-state index is 12.7. The van der Waals surface area contributed by atoms with Crippen LogP contribution < -0.4 is 10.6 Å². The van der Waals surface area contributed by atoms with Crippen LogP contribution in [0.1, 0.15) is 129 Å². The Balaban J connectivity index is 0. The van der Waals surface area contributed by atoms with Crippen LogP contribution in [0.5, 0.6) is 0 Å². The van der Waals surface area contributed by atoms with Gasteiger partial charge in [-0.1, -0.05) is 105 Å². The van der Waals surface area contributed by atoms with E-state index in [0.29, 0.717) is 22.7 Å². The molecule has 0 spiro atoms. The summed E-state index contributed by atoms with van der Waals surface area (Å²) in [5.74, 6) is 0.919. The highest BCUT2D eigenvalue weighted by molar-refractivity contribution is 6.01. The number of anilines is 2. The molecule has 0 aliphatic heterocycles. The van der Waals surface area contributed by atoms with Gasteiger partial charge < -0.3 is 15.5 Å². The van der Waals surface area contributed by atoms with E-state index < -0.39 is 6.55 Å². The fourth-order valence-corrected chi connectivity index (χ4v) is 3.83. The number of nitrogens with zero attached hydrogens (tertiary/aromatic N) is 2. The average Bonchev–Trinajstić information content (AvgIpc) is 3.06. The lowest BCUT2D eigenvalue weighted by Crippen LogP contribution is -2.28. The van der Waals surface area contributed by atoms with Gasteiger partial charge in [-0.3, -0.25) is 9.79 Å². The van der Waals surface area contributed by atoms with Gasteiger partial charge in [-0.2, -0.15) is 8.78 Å². The van der Waals surface area contributed by atoms with Crippen molar-refractivity contribution in [3.8, 4) is 0 Å². The van der Waals surface area contributed by atoms with E-state index in [0.717, 1.165) is 47.7 Å². The lowest BCUT2D eigenvalue weighted by Gasteiger charge is -2.19. The number of carbonyl (C=O) groups is 1. The minimum absolute atomic E-state index is 0.0210. The van der Waals surface area contributed by atoms with Crippen LogP contribution >= 0.6 is 0 Å². The number of hydrogen-bond acceptors (Lipinski definition) is 4. The summed E-state index contributed by atoms with van der Waals surface area (Å²) in [5.41, 5.74) is 5.88. The lowest BCUT2D eigenvalue weighted by molar-refractivity contribution is 0.0792. The Morgan fingerprint density at radius 3 is 1.90 bits per heavy atom. The third-order valence-electron chi connectivity index (χ3n) is 7.15. The summed E-state index contributed by atoms with van der Waals surface area (Å²) in [6, 6.07) is 12.4. The predicted molar refractivity (Wildman–Crippen MR) is 209 cm³/mol. The molecule has 0 saturated carbocycles. The van der Waals surface area contributed by atoms with Crippen molar-refractivity contribution in [1.82, 2.24) is 4.90 Å². The van der Waals surface area contributed by atoms with Crippen LogP contribution in [0.2, 0.25) is 0 Å². The van der Waals surface area contributed by atoms with Crippen molar-refractivity contribution in [3.63, 3.8) is 0 Å². The van der Waals surface area contributed by atoms with Crippen LogP contribution in [0.3, 0.4) is 0 Å². The Bertz CT molecular complexity index is 1240. The highest BCUT2D eigenvalue weighted by Crippen LogP contribution is 2.20. The Morgan fingerprint density at radius 2 is 1.48 bits per heavy atom. The summed E-state index contributed by atoms with van der Waals surface area (Å²) in [4.78, 5) is 18.9. The highest BCUT2D eigenvalue weighted by atomic mass is 19.3. The van der Waals surface area contributed by atoms with Crippen LogP contribution in [0.25, 0.3) is 5.57 Å². The van der Waals surface area contributed by atoms with Crippen molar-refractivity contribution in [3.05, 3.63) is 89.8 Å². The van der Waals surface area contributed by atoms with Crippen LogP contribution in [0.4, 0.5) is 20.2 Å². The van der Waals surface area contributed by atoms with E-state index in [-0.39, 0.29) is 5.91 Å². The molecular formula is C41H66F2N4O. The van der Waals surface area contributed by atoms with Crippen LogP contribution in [-0.2, 0) is 0 Å². The van der Waals surface area contributed by atoms with Gasteiger partial charge in [0.2, 0.25) is 0 Å². The van der Waals surface area contributed by atoms with Gasteiger partial charge in [-0.05, 0) is 94.0 Å². The Morgan fingerprint density at radius 1 is 0.917 bits per heavy atom. The number of benzene rings is 2. The zero-order chi connectivity index (χ0) is 37.1. The van der Waals surface area contributed by atoms with Gasteiger partial charge in [-0.15, -0.1) is 0 Å². The minimum Gasteiger partial charge on any atom is -0.355 e. The van der Waals surface area contributed by atoms with E-state index in [1.165, 1.54) is 25.7 Å². The molecule has 0 aliphatic rings.